The van der Waals surface area contributed by atoms with Gasteiger partial charge in [0, 0.05) is 19.3 Å². The van der Waals surface area contributed by atoms with Crippen LogP contribution in [0, 0.1) is 0 Å². The van der Waals surface area contributed by atoms with Crippen LogP contribution in [-0.4, -0.2) is 95.9 Å². The van der Waals surface area contributed by atoms with E-state index in [2.05, 4.69) is 167 Å². The minimum Gasteiger partial charge on any atom is -0.463 e. The van der Waals surface area contributed by atoms with E-state index in [1.165, 1.54) is 44.9 Å². The average molecular weight is 1370 g/mol. The Morgan fingerprint density at radius 2 is 0.526 bits per heavy atom. The van der Waals surface area contributed by atoms with Crippen molar-refractivity contribution in [3.05, 3.63) is 146 Å². The molecule has 0 aromatic heterocycles. The number of rotatable bonds is 67. The molecule has 0 aliphatic rings. The van der Waals surface area contributed by atoms with Gasteiger partial charge in [0.1, 0.15) is 25.4 Å². The van der Waals surface area contributed by atoms with E-state index in [-0.39, 0.29) is 19.3 Å². The van der Waals surface area contributed by atoms with Crippen LogP contribution < -0.4 is 0 Å². The van der Waals surface area contributed by atoms with Gasteiger partial charge in [-0.3, -0.25) is 32.5 Å². The molecule has 0 saturated heterocycles. The Balaban J connectivity index is 4.58. The highest BCUT2D eigenvalue weighted by molar-refractivity contribution is 7.47. The number of phosphoric acid groups is 2. The van der Waals surface area contributed by atoms with E-state index in [1.807, 2.05) is 0 Å². The molecule has 4 N–H and O–H groups in total. The van der Waals surface area contributed by atoms with Gasteiger partial charge in [0.2, 0.25) is 0 Å². The summed E-state index contributed by atoms with van der Waals surface area (Å²) < 4.78 is 60.9. The molecule has 5 atom stereocenters. The van der Waals surface area contributed by atoms with Crippen LogP contribution >= 0.6 is 15.6 Å². The number of aliphatic hydroxyl groups is 2. The molecular formula is C77H128O16P2. The quantitative estimate of drug-likeness (QED) is 0.0146. The zero-order valence-corrected chi connectivity index (χ0v) is 60.6. The number of hydrogen-bond donors (Lipinski definition) is 4. The van der Waals surface area contributed by atoms with E-state index in [9.17, 15) is 43.5 Å². The van der Waals surface area contributed by atoms with Crippen molar-refractivity contribution < 1.29 is 75.8 Å². The van der Waals surface area contributed by atoms with Crippen LogP contribution in [0.3, 0.4) is 0 Å². The molecule has 0 radical (unpaired) electrons. The highest BCUT2D eigenvalue weighted by atomic mass is 31.2. The van der Waals surface area contributed by atoms with Crippen LogP contribution in [0.5, 0.6) is 0 Å². The van der Waals surface area contributed by atoms with E-state index < -0.39 is 91.5 Å². The molecule has 0 aliphatic carbocycles. The summed E-state index contributed by atoms with van der Waals surface area (Å²) in [7, 11) is -9.80. The first kappa shape index (κ1) is 90.4. The molecule has 0 aromatic rings. The van der Waals surface area contributed by atoms with Gasteiger partial charge in [0.25, 0.3) is 0 Å². The number of ether oxygens (including phenoxy) is 3. The molecule has 0 aromatic carbocycles. The van der Waals surface area contributed by atoms with Crippen molar-refractivity contribution in [2.24, 2.45) is 0 Å². The highest BCUT2D eigenvalue weighted by Gasteiger charge is 2.29. The highest BCUT2D eigenvalue weighted by Crippen LogP contribution is 2.45. The van der Waals surface area contributed by atoms with Crippen molar-refractivity contribution in [3.63, 3.8) is 0 Å². The molecule has 0 bridgehead atoms. The maximum Gasteiger partial charge on any atom is 0.472 e. The number of esters is 3. The molecule has 0 rings (SSSR count). The second-order valence-electron chi connectivity index (χ2n) is 23.6. The Morgan fingerprint density at radius 1 is 0.295 bits per heavy atom. The normalized spacial score (nSPS) is 15.0. The molecular weight excluding hydrogens is 1240 g/mol. The Morgan fingerprint density at radius 3 is 0.832 bits per heavy atom. The van der Waals surface area contributed by atoms with E-state index >= 15 is 0 Å². The second kappa shape index (κ2) is 69.3. The third-order valence-corrected chi connectivity index (χ3v) is 16.4. The largest absolute Gasteiger partial charge is 0.472 e. The molecule has 18 heteroatoms. The van der Waals surface area contributed by atoms with Crippen molar-refractivity contribution >= 4 is 33.6 Å². The zero-order chi connectivity index (χ0) is 69.5. The number of phosphoric ester groups is 2. The summed E-state index contributed by atoms with van der Waals surface area (Å²) >= 11 is 0. The molecule has 5 unspecified atom stereocenters. The van der Waals surface area contributed by atoms with Gasteiger partial charge in [-0.2, -0.15) is 0 Å². The maximum absolute atomic E-state index is 12.9. The Labute approximate surface area is 575 Å². The van der Waals surface area contributed by atoms with Crippen LogP contribution in [0.4, 0.5) is 0 Å². The lowest BCUT2D eigenvalue weighted by Crippen LogP contribution is -2.30. The van der Waals surface area contributed by atoms with Crippen molar-refractivity contribution in [2.75, 3.05) is 39.6 Å². The first-order chi connectivity index (χ1) is 46.2. The van der Waals surface area contributed by atoms with Crippen molar-refractivity contribution in [2.45, 2.75) is 283 Å². The fourth-order valence-electron chi connectivity index (χ4n) is 9.13. The summed E-state index contributed by atoms with van der Waals surface area (Å²) in [6.45, 7) is 2.27. The second-order valence-corrected chi connectivity index (χ2v) is 26.5. The molecule has 0 spiro atoms. The number of carbonyl (C=O) groups excluding carboxylic acids is 3. The van der Waals surface area contributed by atoms with Crippen molar-refractivity contribution in [1.82, 2.24) is 0 Å². The summed E-state index contributed by atoms with van der Waals surface area (Å²) in [6.07, 6.45) is 83.3. The minimum absolute atomic E-state index is 0.0752. The summed E-state index contributed by atoms with van der Waals surface area (Å²) in [5.74, 6) is -1.63. The van der Waals surface area contributed by atoms with Gasteiger partial charge in [-0.05, 0) is 135 Å². The minimum atomic E-state index is -4.94. The summed E-state index contributed by atoms with van der Waals surface area (Å²) in [5, 5.41) is 20.6. The number of unbranched alkanes of at least 4 members (excludes halogenated alkanes) is 20. The van der Waals surface area contributed by atoms with Gasteiger partial charge in [-0.15, -0.1) is 0 Å². The Kier molecular flexibility index (Phi) is 66.0. The Hall–Kier alpha value is -4.57. The maximum atomic E-state index is 12.9. The van der Waals surface area contributed by atoms with Crippen LogP contribution in [0.25, 0.3) is 0 Å². The lowest BCUT2D eigenvalue weighted by atomic mass is 10.0. The topological polar surface area (TPSA) is 231 Å². The summed E-state index contributed by atoms with van der Waals surface area (Å²) in [4.78, 5) is 58.5. The third-order valence-electron chi connectivity index (χ3n) is 14.5. The van der Waals surface area contributed by atoms with E-state index in [0.717, 1.165) is 161 Å². The molecule has 16 nitrogen and oxygen atoms in total. The summed E-state index contributed by atoms with van der Waals surface area (Å²) in [6, 6.07) is 0. The smallest absolute Gasteiger partial charge is 0.463 e. The van der Waals surface area contributed by atoms with Gasteiger partial charge >= 0.3 is 33.6 Å². The number of aliphatic hydroxyl groups excluding tert-OH is 2. The van der Waals surface area contributed by atoms with Crippen LogP contribution in [-0.2, 0) is 55.8 Å². The van der Waals surface area contributed by atoms with Gasteiger partial charge in [0.15, 0.2) is 6.10 Å². The predicted octanol–water partition coefficient (Wildman–Crippen LogP) is 20.5. The molecule has 0 heterocycles. The molecule has 542 valence electrons. The number of carbonyl (C=O) groups is 3. The SMILES string of the molecule is CC/C=C\C/C=C\C/C=C\C/C=C\C/C=C\CCCCCCCCCCCCCC(=O)OCC(O)COP(=O)(O)OCC(O)COP(=O)(O)OCC(COC(=O)CCCCCC/C=C\C/C=C\C/C=C\C/C=C\CC)OC(=O)CCCCCCC/C=C\C/C=C\C/C=C\CC. The standard InChI is InChI=1S/C77H128O16P2/c1-4-7-10-13-16-19-22-25-28-30-31-32-33-34-35-36-37-38-39-41-44-45-48-51-54-57-60-63-75(80)87-66-72(78)67-89-94(83,84)90-68-73(79)69-91-95(85,86)92-71-74(93-77(82)65-62-59-56-53-50-47-42-27-24-21-18-15-12-9-6-3)70-88-76(81)64-61-58-55-52-49-46-43-40-29-26-23-20-17-14-11-8-5-2/h7-12,16-21,25-29,31-32,34-35,42-43,46,72-74,78-79H,4-6,13-15,22-24,30,33,36-41,44-45,47-71H2,1-3H3,(H,83,84)(H,85,86)/b10-7-,11-8-,12-9-,19-16-,20-17-,21-18-,28-25-,29-26-,32-31-,35-34-,42-27-,46-43-. The van der Waals surface area contributed by atoms with E-state index in [4.69, 9.17) is 32.3 Å². The van der Waals surface area contributed by atoms with E-state index in [0.29, 0.717) is 19.3 Å². The first-order valence-electron chi connectivity index (χ1n) is 36.1. The van der Waals surface area contributed by atoms with Gasteiger partial charge in [0.05, 0.1) is 26.4 Å². The van der Waals surface area contributed by atoms with Crippen molar-refractivity contribution in [1.29, 1.82) is 0 Å². The molecule has 0 amide bonds. The van der Waals surface area contributed by atoms with Crippen LogP contribution in [0.15, 0.2) is 146 Å². The fourth-order valence-corrected chi connectivity index (χ4v) is 10.7. The molecule has 95 heavy (non-hydrogen) atoms. The molecule has 0 fully saturated rings. The Bertz CT molecular complexity index is 2310. The number of allylic oxidation sites excluding steroid dienone is 24. The van der Waals surface area contributed by atoms with Crippen LogP contribution in [0.1, 0.15) is 265 Å². The number of hydrogen-bond acceptors (Lipinski definition) is 14. The van der Waals surface area contributed by atoms with Gasteiger partial charge < -0.3 is 34.2 Å². The summed E-state index contributed by atoms with van der Waals surface area (Å²) in [5.41, 5.74) is 0. The van der Waals surface area contributed by atoms with Crippen molar-refractivity contribution in [3.8, 4) is 0 Å². The van der Waals surface area contributed by atoms with Gasteiger partial charge in [-0.25, -0.2) is 9.13 Å². The van der Waals surface area contributed by atoms with Gasteiger partial charge in [-0.1, -0.05) is 256 Å². The van der Waals surface area contributed by atoms with E-state index in [1.54, 1.807) is 0 Å². The lowest BCUT2D eigenvalue weighted by Gasteiger charge is -2.21. The third kappa shape index (κ3) is 70.6. The lowest BCUT2D eigenvalue weighted by molar-refractivity contribution is -0.161. The van der Waals surface area contributed by atoms with Crippen LogP contribution in [0.2, 0.25) is 0 Å². The monoisotopic (exact) mass is 1370 g/mol. The zero-order valence-electron chi connectivity index (χ0n) is 58.8. The predicted molar refractivity (Wildman–Crippen MR) is 389 cm³/mol. The fraction of sp³-hybridized carbons (Fsp3) is 0.649. The molecule has 0 saturated carbocycles. The average Bonchev–Trinajstić information content (AvgIpc) is 2.05. The first-order valence-corrected chi connectivity index (χ1v) is 39.1. The molecule has 0 aliphatic heterocycles.